The minimum Gasteiger partial charge on any atom is -0.468 e. The van der Waals surface area contributed by atoms with E-state index in [1.165, 1.54) is 12.0 Å². The Balaban J connectivity index is 2.40. The van der Waals surface area contributed by atoms with Gasteiger partial charge in [0.1, 0.15) is 5.41 Å². The molecule has 1 saturated heterocycles. The van der Waals surface area contributed by atoms with E-state index in [-0.39, 0.29) is 25.5 Å². The lowest BCUT2D eigenvalue weighted by molar-refractivity contribution is -0.154. The van der Waals surface area contributed by atoms with Crippen molar-refractivity contribution in [3.63, 3.8) is 0 Å². The molecule has 1 heterocycles. The van der Waals surface area contributed by atoms with Crippen LogP contribution in [0.1, 0.15) is 24.9 Å². The normalized spacial score (nSPS) is 23.0. The second-order valence-electron chi connectivity index (χ2n) is 5.72. The Labute approximate surface area is 140 Å². The summed E-state index contributed by atoms with van der Waals surface area (Å²) >= 11 is 0. The molecule has 1 aromatic carbocycles. The van der Waals surface area contributed by atoms with Crippen LogP contribution in [0, 0.1) is 5.41 Å². The highest BCUT2D eigenvalue weighted by atomic mass is 16.5. The Morgan fingerprint density at radius 2 is 2.00 bits per heavy atom. The average molecular weight is 334 g/mol. The molecule has 7 heteroatoms. The van der Waals surface area contributed by atoms with Gasteiger partial charge in [0, 0.05) is 20.0 Å². The Morgan fingerprint density at radius 1 is 1.33 bits per heavy atom. The summed E-state index contributed by atoms with van der Waals surface area (Å²) in [5, 5.41) is 2.58. The molecule has 1 fully saturated rings. The first-order valence-corrected chi connectivity index (χ1v) is 7.76. The number of hydrogen-bond acceptors (Lipinski definition) is 5. The molecule has 0 aliphatic carbocycles. The van der Waals surface area contributed by atoms with Gasteiger partial charge in [-0.05, 0) is 12.5 Å². The number of benzene rings is 1. The molecule has 24 heavy (non-hydrogen) atoms. The summed E-state index contributed by atoms with van der Waals surface area (Å²) in [6.07, 6.45) is -0.670. The van der Waals surface area contributed by atoms with E-state index in [1.807, 2.05) is 30.3 Å². The van der Waals surface area contributed by atoms with E-state index in [2.05, 4.69) is 5.32 Å². The Morgan fingerprint density at radius 3 is 2.58 bits per heavy atom. The largest absolute Gasteiger partial charge is 0.468 e. The molecule has 0 unspecified atom stereocenters. The van der Waals surface area contributed by atoms with E-state index >= 15 is 0 Å². The van der Waals surface area contributed by atoms with Crippen LogP contribution in [0.25, 0.3) is 0 Å². The number of nitrogens with zero attached hydrogens (tertiary/aromatic N) is 1. The van der Waals surface area contributed by atoms with E-state index in [9.17, 15) is 14.4 Å². The Kier molecular flexibility index (Phi) is 5.43. The summed E-state index contributed by atoms with van der Waals surface area (Å²) in [6.45, 7) is 1.86. The molecular weight excluding hydrogens is 312 g/mol. The first-order chi connectivity index (χ1) is 11.5. The van der Waals surface area contributed by atoms with E-state index in [4.69, 9.17) is 9.47 Å². The van der Waals surface area contributed by atoms with Crippen molar-refractivity contribution in [1.82, 2.24) is 10.2 Å². The standard InChI is InChI=1S/C17H22N2O5/c1-4-24-16(22)18-11-17(15(21)23-3)10-13(20)19(2)14(17)12-8-6-5-7-9-12/h5-9,14H,4,10-11H2,1-3H3,(H,18,22)/t14-,17+/m1/s1. The maximum atomic E-state index is 12.6. The molecule has 0 saturated carbocycles. The molecule has 0 bridgehead atoms. The number of hydrogen-bond donors (Lipinski definition) is 1. The van der Waals surface area contributed by atoms with Crippen LogP contribution in [0.4, 0.5) is 4.79 Å². The van der Waals surface area contributed by atoms with Crippen molar-refractivity contribution in [2.75, 3.05) is 27.3 Å². The van der Waals surface area contributed by atoms with Crippen LogP contribution in [-0.4, -0.2) is 50.2 Å². The lowest BCUT2D eigenvalue weighted by Crippen LogP contribution is -2.47. The van der Waals surface area contributed by atoms with Gasteiger partial charge >= 0.3 is 12.1 Å². The third-order valence-electron chi connectivity index (χ3n) is 4.30. The van der Waals surface area contributed by atoms with Gasteiger partial charge in [0.15, 0.2) is 0 Å². The van der Waals surface area contributed by atoms with Crippen LogP contribution in [0.2, 0.25) is 0 Å². The van der Waals surface area contributed by atoms with Gasteiger partial charge in [0.2, 0.25) is 5.91 Å². The van der Waals surface area contributed by atoms with Crippen molar-refractivity contribution in [1.29, 1.82) is 0 Å². The predicted octanol–water partition coefficient (Wildman–Crippen LogP) is 1.50. The summed E-state index contributed by atoms with van der Waals surface area (Å²) in [5.74, 6) is -0.717. The van der Waals surface area contributed by atoms with Crippen molar-refractivity contribution in [3.8, 4) is 0 Å². The molecule has 2 rings (SSSR count). The molecule has 2 amide bonds. The predicted molar refractivity (Wildman–Crippen MR) is 86.0 cm³/mol. The maximum absolute atomic E-state index is 12.6. The second-order valence-corrected chi connectivity index (χ2v) is 5.72. The zero-order valence-corrected chi connectivity index (χ0v) is 14.1. The number of esters is 1. The van der Waals surface area contributed by atoms with Gasteiger partial charge in [0.25, 0.3) is 0 Å². The quantitative estimate of drug-likeness (QED) is 0.825. The average Bonchev–Trinajstić information content (AvgIpc) is 2.85. The van der Waals surface area contributed by atoms with E-state index < -0.39 is 23.5 Å². The fraction of sp³-hybridized carbons (Fsp3) is 0.471. The minimum absolute atomic E-state index is 0.0395. The number of alkyl carbamates (subject to hydrolysis) is 1. The highest BCUT2D eigenvalue weighted by molar-refractivity contribution is 5.91. The monoisotopic (exact) mass is 334 g/mol. The van der Waals surface area contributed by atoms with Crippen molar-refractivity contribution in [2.45, 2.75) is 19.4 Å². The summed E-state index contributed by atoms with van der Waals surface area (Å²) in [4.78, 5) is 38.1. The van der Waals surface area contributed by atoms with Crippen LogP contribution >= 0.6 is 0 Å². The second kappa shape index (κ2) is 7.33. The number of amides is 2. The smallest absolute Gasteiger partial charge is 0.407 e. The van der Waals surface area contributed by atoms with Crippen molar-refractivity contribution in [3.05, 3.63) is 35.9 Å². The summed E-state index contributed by atoms with van der Waals surface area (Å²) in [5.41, 5.74) is -0.392. The molecule has 1 aromatic rings. The van der Waals surface area contributed by atoms with Crippen molar-refractivity contribution in [2.24, 2.45) is 5.41 Å². The Bertz CT molecular complexity index is 619. The van der Waals surface area contributed by atoms with Gasteiger partial charge in [-0.1, -0.05) is 30.3 Å². The van der Waals surface area contributed by atoms with Crippen LogP contribution in [-0.2, 0) is 19.1 Å². The molecular formula is C17H22N2O5. The van der Waals surface area contributed by atoms with E-state index in [1.54, 1.807) is 14.0 Å². The fourth-order valence-electron chi connectivity index (χ4n) is 3.21. The van der Waals surface area contributed by atoms with Gasteiger partial charge in [-0.25, -0.2) is 4.79 Å². The first-order valence-electron chi connectivity index (χ1n) is 7.76. The SMILES string of the molecule is CCOC(=O)NC[C@@]1(C(=O)OC)CC(=O)N(C)[C@@H]1c1ccccc1. The lowest BCUT2D eigenvalue weighted by atomic mass is 9.77. The van der Waals surface area contributed by atoms with Crippen LogP contribution < -0.4 is 5.32 Å². The summed E-state index contributed by atoms with van der Waals surface area (Å²) in [6, 6.07) is 8.71. The number of ether oxygens (including phenoxy) is 2. The van der Waals surface area contributed by atoms with Gasteiger partial charge in [-0.15, -0.1) is 0 Å². The number of carbonyl (C=O) groups excluding carboxylic acids is 3. The number of methoxy groups -OCH3 is 1. The summed E-state index contributed by atoms with van der Waals surface area (Å²) in [7, 11) is 2.92. The molecule has 130 valence electrons. The van der Waals surface area contributed by atoms with Crippen LogP contribution in [0.3, 0.4) is 0 Å². The van der Waals surface area contributed by atoms with Gasteiger partial charge in [-0.3, -0.25) is 9.59 Å². The molecule has 0 aromatic heterocycles. The third-order valence-corrected chi connectivity index (χ3v) is 4.30. The van der Waals surface area contributed by atoms with Crippen LogP contribution in [0.15, 0.2) is 30.3 Å². The number of rotatable bonds is 5. The number of likely N-dealkylation sites (tertiary alicyclic amines) is 1. The minimum atomic E-state index is -1.20. The van der Waals surface area contributed by atoms with Crippen molar-refractivity contribution >= 4 is 18.0 Å². The van der Waals surface area contributed by atoms with Gasteiger partial charge in [0.05, 0.1) is 19.8 Å². The van der Waals surface area contributed by atoms with Crippen LogP contribution in [0.5, 0.6) is 0 Å². The number of nitrogens with one attached hydrogen (secondary N) is 1. The van der Waals surface area contributed by atoms with E-state index in [0.29, 0.717) is 0 Å². The zero-order chi connectivity index (χ0) is 17.7. The summed E-state index contributed by atoms with van der Waals surface area (Å²) < 4.78 is 9.82. The molecule has 0 radical (unpaired) electrons. The number of carbonyl (C=O) groups is 3. The molecule has 2 atom stereocenters. The fourth-order valence-corrected chi connectivity index (χ4v) is 3.21. The van der Waals surface area contributed by atoms with Gasteiger partial charge in [-0.2, -0.15) is 0 Å². The first kappa shape index (κ1) is 17.8. The highest BCUT2D eigenvalue weighted by Gasteiger charge is 2.57. The molecule has 7 nitrogen and oxygen atoms in total. The van der Waals surface area contributed by atoms with Crippen molar-refractivity contribution < 1.29 is 23.9 Å². The van der Waals surface area contributed by atoms with Gasteiger partial charge < -0.3 is 19.7 Å². The molecule has 1 aliphatic heterocycles. The lowest BCUT2D eigenvalue weighted by Gasteiger charge is -2.34. The third kappa shape index (κ3) is 3.20. The maximum Gasteiger partial charge on any atom is 0.407 e. The highest BCUT2D eigenvalue weighted by Crippen LogP contribution is 2.47. The molecule has 0 spiro atoms. The zero-order valence-electron chi connectivity index (χ0n) is 14.1. The van der Waals surface area contributed by atoms with E-state index in [0.717, 1.165) is 5.56 Å². The molecule has 1 aliphatic rings. The topological polar surface area (TPSA) is 84.9 Å². The molecule has 1 N–H and O–H groups in total. The Hall–Kier alpha value is -2.57.